The molecule has 2 N–H and O–H groups in total. The van der Waals surface area contributed by atoms with Crippen LogP contribution >= 0.6 is 0 Å². The Morgan fingerprint density at radius 1 is 0.900 bits per heavy atom. The van der Waals surface area contributed by atoms with Crippen molar-refractivity contribution in [2.45, 2.75) is 45.0 Å². The largest absolute Gasteiger partial charge is 0.390 e. The molecule has 0 radical (unpaired) electrons. The van der Waals surface area contributed by atoms with E-state index >= 15 is 0 Å². The van der Waals surface area contributed by atoms with Crippen LogP contribution in [0.5, 0.6) is 0 Å². The van der Waals surface area contributed by atoms with Crippen molar-refractivity contribution in [2.75, 3.05) is 19.6 Å². The first-order valence-electron chi connectivity index (χ1n) is 6.30. The summed E-state index contributed by atoms with van der Waals surface area (Å²) < 4.78 is 71.5. The molecule has 0 aromatic rings. The Bertz CT molecular complexity index is 285. The van der Waals surface area contributed by atoms with Gasteiger partial charge in [0.15, 0.2) is 5.96 Å². The number of alkyl halides is 6. The van der Waals surface area contributed by atoms with E-state index in [1.807, 2.05) is 0 Å². The number of hydrogen-bond acceptors (Lipinski definition) is 1. The van der Waals surface area contributed by atoms with E-state index in [2.05, 4.69) is 15.6 Å². The molecule has 0 saturated heterocycles. The number of hydrogen-bond donors (Lipinski definition) is 2. The van der Waals surface area contributed by atoms with E-state index in [-0.39, 0.29) is 31.9 Å². The molecule has 0 unspecified atom stereocenters. The van der Waals surface area contributed by atoms with E-state index in [0.29, 0.717) is 6.54 Å². The molecule has 0 amide bonds. The van der Waals surface area contributed by atoms with Gasteiger partial charge in [0.1, 0.15) is 0 Å². The zero-order chi connectivity index (χ0) is 15.6. The third-order valence-corrected chi connectivity index (χ3v) is 2.18. The van der Waals surface area contributed by atoms with Crippen LogP contribution in [0, 0.1) is 0 Å². The second kappa shape index (κ2) is 8.91. The van der Waals surface area contributed by atoms with Crippen LogP contribution in [0.1, 0.15) is 32.6 Å². The Labute approximate surface area is 113 Å². The topological polar surface area (TPSA) is 36.4 Å². The summed E-state index contributed by atoms with van der Waals surface area (Å²) in [5.41, 5.74) is 0. The second-order valence-corrected chi connectivity index (χ2v) is 4.12. The zero-order valence-electron chi connectivity index (χ0n) is 11.2. The maximum absolute atomic E-state index is 11.9. The van der Waals surface area contributed by atoms with Gasteiger partial charge in [-0.2, -0.15) is 26.3 Å². The van der Waals surface area contributed by atoms with Crippen molar-refractivity contribution in [3.8, 4) is 0 Å². The van der Waals surface area contributed by atoms with Crippen molar-refractivity contribution in [1.29, 1.82) is 0 Å². The molecule has 9 heteroatoms. The van der Waals surface area contributed by atoms with Crippen molar-refractivity contribution < 1.29 is 26.3 Å². The van der Waals surface area contributed by atoms with Crippen molar-refractivity contribution in [3.63, 3.8) is 0 Å². The van der Waals surface area contributed by atoms with Crippen LogP contribution in [0.3, 0.4) is 0 Å². The third kappa shape index (κ3) is 13.3. The molecule has 0 bridgehead atoms. The third-order valence-electron chi connectivity index (χ3n) is 2.18. The van der Waals surface area contributed by atoms with Crippen LogP contribution in [0.4, 0.5) is 26.3 Å². The SMILES string of the molecule is CCNC(=NCCCCC(F)(F)F)NCCC(F)(F)F. The Balaban J connectivity index is 3.95. The van der Waals surface area contributed by atoms with Gasteiger partial charge in [-0.25, -0.2) is 0 Å². The number of halogens is 6. The highest BCUT2D eigenvalue weighted by Gasteiger charge is 2.26. The number of unbranched alkanes of at least 4 members (excludes halogenated alkanes) is 1. The number of nitrogens with zero attached hydrogens (tertiary/aromatic N) is 1. The molecule has 3 nitrogen and oxygen atoms in total. The second-order valence-electron chi connectivity index (χ2n) is 4.12. The van der Waals surface area contributed by atoms with Crippen molar-refractivity contribution >= 4 is 5.96 Å². The average Bonchev–Trinajstić information content (AvgIpc) is 2.25. The summed E-state index contributed by atoms with van der Waals surface area (Å²) in [6.45, 7) is 2.01. The van der Waals surface area contributed by atoms with Crippen LogP contribution in [-0.4, -0.2) is 37.9 Å². The smallest absolute Gasteiger partial charge is 0.357 e. The summed E-state index contributed by atoms with van der Waals surface area (Å²) in [6, 6.07) is 0. The summed E-state index contributed by atoms with van der Waals surface area (Å²) in [5, 5.41) is 5.21. The highest BCUT2D eigenvalue weighted by atomic mass is 19.4. The van der Waals surface area contributed by atoms with E-state index in [0.717, 1.165) is 0 Å². The molecule has 0 heterocycles. The number of guanidine groups is 1. The van der Waals surface area contributed by atoms with Gasteiger partial charge in [-0.3, -0.25) is 4.99 Å². The van der Waals surface area contributed by atoms with Crippen LogP contribution in [-0.2, 0) is 0 Å². The Kier molecular flexibility index (Phi) is 8.40. The molecule has 0 spiro atoms. The van der Waals surface area contributed by atoms with Gasteiger partial charge in [0, 0.05) is 26.1 Å². The fraction of sp³-hybridized carbons (Fsp3) is 0.909. The lowest BCUT2D eigenvalue weighted by atomic mass is 10.2. The Morgan fingerprint density at radius 2 is 1.50 bits per heavy atom. The fourth-order valence-electron chi connectivity index (χ4n) is 1.29. The molecule has 0 aliphatic rings. The predicted octanol–water partition coefficient (Wildman–Crippen LogP) is 3.23. The quantitative estimate of drug-likeness (QED) is 0.328. The van der Waals surface area contributed by atoms with E-state index in [1.54, 1.807) is 6.92 Å². The van der Waals surface area contributed by atoms with Gasteiger partial charge >= 0.3 is 12.4 Å². The minimum atomic E-state index is -4.25. The molecular formula is C11H19F6N3. The summed E-state index contributed by atoms with van der Waals surface area (Å²) in [7, 11) is 0. The maximum atomic E-state index is 11.9. The molecule has 0 fully saturated rings. The standard InChI is InChI=1S/C11H19F6N3/c1-2-18-9(20-8-6-11(15,16)17)19-7-4-3-5-10(12,13)14/h2-8H2,1H3,(H2,18,19,20). The molecule has 0 rings (SSSR count). The summed E-state index contributed by atoms with van der Waals surface area (Å²) >= 11 is 0. The molecule has 20 heavy (non-hydrogen) atoms. The first-order valence-corrected chi connectivity index (χ1v) is 6.30. The molecule has 0 aromatic heterocycles. The number of rotatable bonds is 7. The molecule has 0 atom stereocenters. The lowest BCUT2D eigenvalue weighted by Crippen LogP contribution is -2.39. The first-order chi connectivity index (χ1) is 9.14. The summed E-state index contributed by atoms with van der Waals surface area (Å²) in [6.07, 6.45) is -10.1. The van der Waals surface area contributed by atoms with Crippen LogP contribution in [0.25, 0.3) is 0 Å². The fourth-order valence-corrected chi connectivity index (χ4v) is 1.29. The average molecular weight is 307 g/mol. The number of aliphatic imine (C=N–C) groups is 1. The highest BCUT2D eigenvalue weighted by molar-refractivity contribution is 5.79. The predicted molar refractivity (Wildman–Crippen MR) is 64.6 cm³/mol. The number of nitrogens with one attached hydrogen (secondary N) is 2. The van der Waals surface area contributed by atoms with E-state index in [1.165, 1.54) is 0 Å². The van der Waals surface area contributed by atoms with Crippen molar-refractivity contribution in [3.05, 3.63) is 0 Å². The van der Waals surface area contributed by atoms with Gasteiger partial charge in [-0.1, -0.05) is 0 Å². The molecule has 120 valence electrons. The van der Waals surface area contributed by atoms with Gasteiger partial charge in [0.05, 0.1) is 6.42 Å². The van der Waals surface area contributed by atoms with Gasteiger partial charge in [0.25, 0.3) is 0 Å². The lowest BCUT2D eigenvalue weighted by Gasteiger charge is -2.12. The molecule has 0 saturated carbocycles. The van der Waals surface area contributed by atoms with Crippen molar-refractivity contribution in [2.24, 2.45) is 4.99 Å². The normalized spacial score (nSPS) is 13.4. The molecule has 0 aromatic carbocycles. The van der Waals surface area contributed by atoms with E-state index in [4.69, 9.17) is 0 Å². The monoisotopic (exact) mass is 307 g/mol. The minimum absolute atomic E-state index is 0.0467. The van der Waals surface area contributed by atoms with E-state index < -0.39 is 25.2 Å². The summed E-state index contributed by atoms with van der Waals surface area (Å²) in [5.74, 6) is 0.184. The maximum Gasteiger partial charge on any atom is 0.390 e. The van der Waals surface area contributed by atoms with Gasteiger partial charge < -0.3 is 10.6 Å². The van der Waals surface area contributed by atoms with Gasteiger partial charge in [-0.05, 0) is 19.8 Å². The van der Waals surface area contributed by atoms with Gasteiger partial charge in [0.2, 0.25) is 0 Å². The van der Waals surface area contributed by atoms with Crippen LogP contribution < -0.4 is 10.6 Å². The first kappa shape index (κ1) is 18.9. The summed E-state index contributed by atoms with van der Waals surface area (Å²) in [4.78, 5) is 3.91. The lowest BCUT2D eigenvalue weighted by molar-refractivity contribution is -0.135. The Morgan fingerprint density at radius 3 is 2.00 bits per heavy atom. The van der Waals surface area contributed by atoms with E-state index in [9.17, 15) is 26.3 Å². The van der Waals surface area contributed by atoms with Gasteiger partial charge in [-0.15, -0.1) is 0 Å². The van der Waals surface area contributed by atoms with Crippen LogP contribution in [0.15, 0.2) is 4.99 Å². The molecule has 0 aliphatic carbocycles. The Hall–Kier alpha value is -1.15. The minimum Gasteiger partial charge on any atom is -0.357 e. The zero-order valence-corrected chi connectivity index (χ0v) is 11.2. The molecule has 0 aliphatic heterocycles. The van der Waals surface area contributed by atoms with Crippen molar-refractivity contribution in [1.82, 2.24) is 10.6 Å². The van der Waals surface area contributed by atoms with Crippen LogP contribution in [0.2, 0.25) is 0 Å². The highest BCUT2D eigenvalue weighted by Crippen LogP contribution is 2.22. The molecular weight excluding hydrogens is 288 g/mol.